The summed E-state index contributed by atoms with van der Waals surface area (Å²) in [4.78, 5) is 13.3. The molecule has 1 atom stereocenters. The van der Waals surface area contributed by atoms with Crippen LogP contribution in [0.2, 0.25) is 0 Å². The molecule has 0 radical (unpaired) electrons. The van der Waals surface area contributed by atoms with Crippen molar-refractivity contribution in [3.63, 3.8) is 0 Å². The fourth-order valence-electron chi connectivity index (χ4n) is 1.61. The summed E-state index contributed by atoms with van der Waals surface area (Å²) in [6.07, 6.45) is 2.86. The number of hydrogen-bond donors (Lipinski definition) is 2. The fourth-order valence-corrected chi connectivity index (χ4v) is 1.61. The van der Waals surface area contributed by atoms with E-state index in [2.05, 4.69) is 5.16 Å². The maximum Gasteiger partial charge on any atom is 0.224 e. The first kappa shape index (κ1) is 12.8. The van der Waals surface area contributed by atoms with Crippen LogP contribution in [0.15, 0.2) is 5.16 Å². The number of carbonyl (C=O) groups is 1. The Morgan fingerprint density at radius 2 is 2.44 bits per heavy atom. The largest absolute Gasteiger partial charge is 0.409 e. The third kappa shape index (κ3) is 4.06. The maximum atomic E-state index is 11.7. The van der Waals surface area contributed by atoms with Gasteiger partial charge in [0.25, 0.3) is 0 Å². The Labute approximate surface area is 95.0 Å². The van der Waals surface area contributed by atoms with Gasteiger partial charge < -0.3 is 20.6 Å². The Bertz CT molecular complexity index is 262. The zero-order valence-corrected chi connectivity index (χ0v) is 9.56. The normalized spacial score (nSPS) is 21.1. The van der Waals surface area contributed by atoms with Crippen molar-refractivity contribution in [2.75, 3.05) is 20.2 Å². The first-order valence-corrected chi connectivity index (χ1v) is 5.45. The summed E-state index contributed by atoms with van der Waals surface area (Å²) in [5, 5.41) is 11.2. The van der Waals surface area contributed by atoms with Crippen molar-refractivity contribution in [2.24, 2.45) is 10.9 Å². The van der Waals surface area contributed by atoms with Crippen LogP contribution in [0.5, 0.6) is 0 Å². The van der Waals surface area contributed by atoms with E-state index in [9.17, 15) is 4.79 Å². The average Bonchev–Trinajstić information content (AvgIpc) is 2.77. The molecule has 0 aliphatic carbocycles. The van der Waals surface area contributed by atoms with E-state index in [0.29, 0.717) is 19.4 Å². The molecule has 1 amide bonds. The monoisotopic (exact) mass is 229 g/mol. The molecule has 6 nitrogen and oxygen atoms in total. The Morgan fingerprint density at radius 1 is 1.69 bits per heavy atom. The lowest BCUT2D eigenvalue weighted by Crippen LogP contribution is -2.32. The number of ether oxygens (including phenoxy) is 1. The van der Waals surface area contributed by atoms with Gasteiger partial charge in [-0.05, 0) is 12.8 Å². The molecule has 92 valence electrons. The van der Waals surface area contributed by atoms with E-state index in [4.69, 9.17) is 15.7 Å². The van der Waals surface area contributed by atoms with Crippen LogP contribution < -0.4 is 5.73 Å². The number of rotatable bonds is 5. The molecule has 1 aliphatic heterocycles. The minimum Gasteiger partial charge on any atom is -0.409 e. The fraction of sp³-hybridized carbons (Fsp3) is 0.800. The standard InChI is InChI=1S/C10H19N3O3/c1-13(5-4-9(11)12-15)10(14)7-8-3-2-6-16-8/h8,15H,2-7H2,1H3,(H2,11,12). The molecule has 0 aromatic carbocycles. The van der Waals surface area contributed by atoms with Crippen LogP contribution in [-0.2, 0) is 9.53 Å². The topological polar surface area (TPSA) is 88.1 Å². The second kappa shape index (κ2) is 6.32. The highest BCUT2D eigenvalue weighted by Gasteiger charge is 2.20. The molecule has 0 aromatic heterocycles. The molecular weight excluding hydrogens is 210 g/mol. The van der Waals surface area contributed by atoms with Gasteiger partial charge in [0, 0.05) is 26.6 Å². The minimum absolute atomic E-state index is 0.0395. The van der Waals surface area contributed by atoms with E-state index in [1.54, 1.807) is 11.9 Å². The molecule has 0 spiro atoms. The van der Waals surface area contributed by atoms with Crippen LogP contribution in [0.1, 0.15) is 25.7 Å². The quantitative estimate of drug-likeness (QED) is 0.304. The maximum absolute atomic E-state index is 11.7. The lowest BCUT2D eigenvalue weighted by Gasteiger charge is -2.18. The molecule has 1 heterocycles. The van der Waals surface area contributed by atoms with Gasteiger partial charge in [-0.1, -0.05) is 5.16 Å². The van der Waals surface area contributed by atoms with Crippen molar-refractivity contribution >= 4 is 11.7 Å². The Hall–Kier alpha value is -1.30. The highest BCUT2D eigenvalue weighted by Crippen LogP contribution is 2.16. The predicted molar refractivity (Wildman–Crippen MR) is 59.3 cm³/mol. The van der Waals surface area contributed by atoms with E-state index < -0.39 is 0 Å². The molecule has 1 rings (SSSR count). The van der Waals surface area contributed by atoms with Gasteiger partial charge in [-0.2, -0.15) is 0 Å². The van der Waals surface area contributed by atoms with Gasteiger partial charge in [-0.25, -0.2) is 0 Å². The first-order chi connectivity index (χ1) is 7.63. The van der Waals surface area contributed by atoms with Gasteiger partial charge >= 0.3 is 0 Å². The van der Waals surface area contributed by atoms with E-state index >= 15 is 0 Å². The molecule has 0 aromatic rings. The van der Waals surface area contributed by atoms with Crippen LogP contribution in [0.25, 0.3) is 0 Å². The van der Waals surface area contributed by atoms with Gasteiger partial charge in [0.1, 0.15) is 5.84 Å². The lowest BCUT2D eigenvalue weighted by molar-refractivity contribution is -0.132. The first-order valence-electron chi connectivity index (χ1n) is 5.45. The van der Waals surface area contributed by atoms with Crippen molar-refractivity contribution in [3.05, 3.63) is 0 Å². The molecule has 0 saturated carbocycles. The second-order valence-corrected chi connectivity index (χ2v) is 4.00. The molecular formula is C10H19N3O3. The highest BCUT2D eigenvalue weighted by atomic mass is 16.5. The molecule has 1 fully saturated rings. The van der Waals surface area contributed by atoms with Crippen LogP contribution in [0, 0.1) is 0 Å². The minimum atomic E-state index is 0.0395. The molecule has 3 N–H and O–H groups in total. The highest BCUT2D eigenvalue weighted by molar-refractivity contribution is 5.81. The zero-order chi connectivity index (χ0) is 12.0. The van der Waals surface area contributed by atoms with Crippen LogP contribution in [-0.4, -0.2) is 48.2 Å². The molecule has 1 aliphatic rings. The van der Waals surface area contributed by atoms with Gasteiger partial charge in [-0.3, -0.25) is 4.79 Å². The van der Waals surface area contributed by atoms with Crippen molar-refractivity contribution in [3.8, 4) is 0 Å². The summed E-state index contributed by atoms with van der Waals surface area (Å²) in [5.74, 6) is 0.175. The van der Waals surface area contributed by atoms with Crippen LogP contribution >= 0.6 is 0 Å². The third-order valence-corrected chi connectivity index (χ3v) is 2.68. The SMILES string of the molecule is CN(CCC(N)=NO)C(=O)CC1CCCO1. The number of amides is 1. The van der Waals surface area contributed by atoms with Crippen molar-refractivity contribution < 1.29 is 14.7 Å². The van der Waals surface area contributed by atoms with Gasteiger partial charge in [0.15, 0.2) is 0 Å². The Morgan fingerprint density at radius 3 is 3.00 bits per heavy atom. The summed E-state index contributed by atoms with van der Waals surface area (Å²) in [6.45, 7) is 1.22. The van der Waals surface area contributed by atoms with E-state index in [1.807, 2.05) is 0 Å². The van der Waals surface area contributed by atoms with E-state index in [-0.39, 0.29) is 17.8 Å². The van der Waals surface area contributed by atoms with E-state index in [1.165, 1.54) is 0 Å². The number of nitrogens with zero attached hydrogens (tertiary/aromatic N) is 2. The molecule has 16 heavy (non-hydrogen) atoms. The summed E-state index contributed by atoms with van der Waals surface area (Å²) < 4.78 is 5.38. The Kier molecular flexibility index (Phi) is 5.04. The summed E-state index contributed by atoms with van der Waals surface area (Å²) in [6, 6.07) is 0. The second-order valence-electron chi connectivity index (χ2n) is 4.00. The predicted octanol–water partition coefficient (Wildman–Crippen LogP) is 0.150. The van der Waals surface area contributed by atoms with Crippen molar-refractivity contribution in [1.82, 2.24) is 4.90 Å². The molecule has 0 bridgehead atoms. The molecule has 1 unspecified atom stereocenters. The van der Waals surface area contributed by atoms with Crippen LogP contribution in [0.4, 0.5) is 0 Å². The third-order valence-electron chi connectivity index (χ3n) is 2.68. The molecule has 1 saturated heterocycles. The van der Waals surface area contributed by atoms with Crippen molar-refractivity contribution in [2.45, 2.75) is 31.8 Å². The number of amidine groups is 1. The average molecular weight is 229 g/mol. The summed E-state index contributed by atoms with van der Waals surface area (Å²) >= 11 is 0. The summed E-state index contributed by atoms with van der Waals surface area (Å²) in [7, 11) is 1.71. The zero-order valence-electron chi connectivity index (χ0n) is 9.56. The number of carbonyl (C=O) groups excluding carboxylic acids is 1. The van der Waals surface area contributed by atoms with Gasteiger partial charge in [-0.15, -0.1) is 0 Å². The van der Waals surface area contributed by atoms with Crippen LogP contribution in [0.3, 0.4) is 0 Å². The summed E-state index contributed by atoms with van der Waals surface area (Å²) in [5.41, 5.74) is 5.32. The number of nitrogens with two attached hydrogens (primary N) is 1. The molecule has 6 heteroatoms. The van der Waals surface area contributed by atoms with Gasteiger partial charge in [0.2, 0.25) is 5.91 Å². The Balaban J connectivity index is 2.24. The number of hydrogen-bond acceptors (Lipinski definition) is 4. The van der Waals surface area contributed by atoms with Gasteiger partial charge in [0.05, 0.1) is 12.5 Å². The smallest absolute Gasteiger partial charge is 0.224 e. The van der Waals surface area contributed by atoms with Crippen molar-refractivity contribution in [1.29, 1.82) is 0 Å². The van der Waals surface area contributed by atoms with E-state index in [0.717, 1.165) is 19.4 Å². The lowest BCUT2D eigenvalue weighted by atomic mass is 10.1. The number of oxime groups is 1.